The number of hydrogen-bond acceptors (Lipinski definition) is 5. The first-order valence-electron chi connectivity index (χ1n) is 12.9. The Morgan fingerprint density at radius 1 is 1.03 bits per heavy atom. The van der Waals surface area contributed by atoms with Gasteiger partial charge in [-0.15, -0.1) is 0 Å². The van der Waals surface area contributed by atoms with Crippen LogP contribution in [0.2, 0.25) is 5.02 Å². The van der Waals surface area contributed by atoms with Crippen LogP contribution < -0.4 is 10.2 Å². The van der Waals surface area contributed by atoms with Gasteiger partial charge in [0.25, 0.3) is 5.91 Å². The molecule has 4 aromatic rings. The number of hydrogen-bond donors (Lipinski definition) is 0. The van der Waals surface area contributed by atoms with Crippen LogP contribution in [0.3, 0.4) is 0 Å². The maximum atomic E-state index is 13.8. The molecule has 1 aromatic heterocycles. The summed E-state index contributed by atoms with van der Waals surface area (Å²) in [5.41, 5.74) is 3.49. The van der Waals surface area contributed by atoms with E-state index in [0.717, 1.165) is 36.1 Å². The zero-order valence-corrected chi connectivity index (χ0v) is 22.6. The molecule has 2 heterocycles. The summed E-state index contributed by atoms with van der Waals surface area (Å²) in [7, 11) is 4.00. The lowest BCUT2D eigenvalue weighted by atomic mass is 9.97. The Kier molecular flexibility index (Phi) is 7.54. The molecule has 3 aromatic carbocycles. The van der Waals surface area contributed by atoms with Crippen molar-refractivity contribution in [1.29, 1.82) is 0 Å². The molecular formula is C31H31ClN2O4. The highest BCUT2D eigenvalue weighted by Gasteiger charge is 2.42. The highest BCUT2D eigenvalue weighted by atomic mass is 35.5. The van der Waals surface area contributed by atoms with Crippen LogP contribution >= 0.6 is 11.6 Å². The lowest BCUT2D eigenvalue weighted by molar-refractivity contribution is 0.0722. The Morgan fingerprint density at radius 2 is 1.79 bits per heavy atom. The van der Waals surface area contributed by atoms with Crippen molar-refractivity contribution in [2.45, 2.75) is 32.4 Å². The number of ether oxygens (including phenoxy) is 1. The average molecular weight is 531 g/mol. The first-order chi connectivity index (χ1) is 18.4. The Bertz CT molecular complexity index is 1530. The first kappa shape index (κ1) is 26.0. The van der Waals surface area contributed by atoms with Gasteiger partial charge in [-0.1, -0.05) is 54.9 Å². The summed E-state index contributed by atoms with van der Waals surface area (Å²) in [6.45, 7) is 3.72. The van der Waals surface area contributed by atoms with Crippen LogP contribution in [-0.2, 0) is 13.0 Å². The van der Waals surface area contributed by atoms with E-state index in [1.54, 1.807) is 11.0 Å². The molecule has 1 aliphatic heterocycles. The Morgan fingerprint density at radius 3 is 2.50 bits per heavy atom. The molecule has 0 aliphatic carbocycles. The SMILES string of the molecule is CCc1ccc2oc3c(c(=O)c2c1)C(c1ccc(OCc2ccccc2Cl)cc1)N(CCCN(C)C)C3=O. The van der Waals surface area contributed by atoms with Crippen LogP contribution in [0.4, 0.5) is 0 Å². The highest BCUT2D eigenvalue weighted by molar-refractivity contribution is 6.31. The molecule has 0 spiro atoms. The van der Waals surface area contributed by atoms with E-state index in [0.29, 0.717) is 40.5 Å². The quantitative estimate of drug-likeness (QED) is 0.262. The second-order valence-corrected chi connectivity index (χ2v) is 10.3. The number of amides is 1. The van der Waals surface area contributed by atoms with Gasteiger partial charge < -0.3 is 19.0 Å². The molecule has 7 heteroatoms. The minimum absolute atomic E-state index is 0.139. The molecule has 1 unspecified atom stereocenters. The minimum Gasteiger partial charge on any atom is -0.489 e. The number of carbonyl (C=O) groups excluding carboxylic acids is 1. The summed E-state index contributed by atoms with van der Waals surface area (Å²) in [5, 5.41) is 1.17. The summed E-state index contributed by atoms with van der Waals surface area (Å²) in [5.74, 6) is 0.567. The summed E-state index contributed by atoms with van der Waals surface area (Å²) >= 11 is 6.26. The molecule has 38 heavy (non-hydrogen) atoms. The van der Waals surface area contributed by atoms with E-state index < -0.39 is 6.04 Å². The molecule has 0 radical (unpaired) electrons. The van der Waals surface area contributed by atoms with Crippen LogP contribution in [0.25, 0.3) is 11.0 Å². The number of halogens is 1. The van der Waals surface area contributed by atoms with Crippen LogP contribution in [0.1, 0.15) is 52.2 Å². The van der Waals surface area contributed by atoms with Crippen molar-refractivity contribution < 1.29 is 13.9 Å². The molecule has 0 fully saturated rings. The normalized spacial score (nSPS) is 14.9. The topological polar surface area (TPSA) is 63.0 Å². The molecule has 0 saturated heterocycles. The number of carbonyl (C=O) groups is 1. The Labute approximate surface area is 227 Å². The summed E-state index contributed by atoms with van der Waals surface area (Å²) in [6, 6.07) is 20.2. The fourth-order valence-corrected chi connectivity index (χ4v) is 5.14. The third kappa shape index (κ3) is 5.06. The van der Waals surface area contributed by atoms with Gasteiger partial charge >= 0.3 is 0 Å². The van der Waals surface area contributed by atoms with Gasteiger partial charge in [0.2, 0.25) is 5.76 Å². The van der Waals surface area contributed by atoms with E-state index in [1.807, 2.05) is 81.7 Å². The van der Waals surface area contributed by atoms with Gasteiger partial charge in [0.05, 0.1) is 17.0 Å². The predicted molar refractivity (Wildman–Crippen MR) is 150 cm³/mol. The number of rotatable bonds is 9. The largest absolute Gasteiger partial charge is 0.489 e. The molecule has 1 aliphatic rings. The third-order valence-corrected chi connectivity index (χ3v) is 7.36. The van der Waals surface area contributed by atoms with Gasteiger partial charge in [0.15, 0.2) is 5.43 Å². The van der Waals surface area contributed by atoms with E-state index >= 15 is 0 Å². The van der Waals surface area contributed by atoms with Crippen molar-refractivity contribution >= 4 is 28.5 Å². The summed E-state index contributed by atoms with van der Waals surface area (Å²) in [4.78, 5) is 31.2. The number of aryl methyl sites for hydroxylation is 1. The van der Waals surface area contributed by atoms with Gasteiger partial charge in [0.1, 0.15) is 17.9 Å². The van der Waals surface area contributed by atoms with Gasteiger partial charge in [-0.05, 0) is 74.9 Å². The maximum absolute atomic E-state index is 13.8. The molecule has 0 bridgehead atoms. The van der Waals surface area contributed by atoms with E-state index in [9.17, 15) is 9.59 Å². The van der Waals surface area contributed by atoms with Crippen molar-refractivity contribution in [2.24, 2.45) is 0 Å². The van der Waals surface area contributed by atoms with Crippen molar-refractivity contribution in [3.8, 4) is 5.75 Å². The van der Waals surface area contributed by atoms with Crippen LogP contribution in [-0.4, -0.2) is 42.9 Å². The number of benzene rings is 3. The fourth-order valence-electron chi connectivity index (χ4n) is 4.94. The van der Waals surface area contributed by atoms with Gasteiger partial charge in [0, 0.05) is 17.1 Å². The van der Waals surface area contributed by atoms with Gasteiger partial charge in [-0.25, -0.2) is 0 Å². The predicted octanol–water partition coefficient (Wildman–Crippen LogP) is 6.08. The molecule has 0 saturated carbocycles. The molecule has 1 atom stereocenters. The van der Waals surface area contributed by atoms with E-state index in [4.69, 9.17) is 20.8 Å². The number of nitrogens with zero attached hydrogens (tertiary/aromatic N) is 2. The van der Waals surface area contributed by atoms with E-state index in [1.165, 1.54) is 0 Å². The Balaban J connectivity index is 1.51. The molecule has 196 valence electrons. The van der Waals surface area contributed by atoms with Crippen LogP contribution in [0.15, 0.2) is 75.9 Å². The zero-order valence-electron chi connectivity index (χ0n) is 21.9. The smallest absolute Gasteiger partial charge is 0.290 e. The van der Waals surface area contributed by atoms with E-state index in [-0.39, 0.29) is 17.1 Å². The third-order valence-electron chi connectivity index (χ3n) is 6.99. The highest BCUT2D eigenvalue weighted by Crippen LogP contribution is 2.39. The summed E-state index contributed by atoms with van der Waals surface area (Å²) in [6.07, 6.45) is 1.58. The molecule has 6 nitrogen and oxygen atoms in total. The van der Waals surface area contributed by atoms with E-state index in [2.05, 4.69) is 4.90 Å². The van der Waals surface area contributed by atoms with Crippen LogP contribution in [0, 0.1) is 0 Å². The molecule has 0 N–H and O–H groups in total. The molecule has 1 amide bonds. The number of fused-ring (bicyclic) bond motifs is 2. The average Bonchev–Trinajstić information content (AvgIpc) is 3.20. The monoisotopic (exact) mass is 530 g/mol. The minimum atomic E-state index is -0.525. The fraction of sp³-hybridized carbons (Fsp3) is 0.290. The zero-order chi connectivity index (χ0) is 26.8. The van der Waals surface area contributed by atoms with Crippen molar-refractivity contribution in [1.82, 2.24) is 9.80 Å². The lowest BCUT2D eigenvalue weighted by Crippen LogP contribution is -2.32. The van der Waals surface area contributed by atoms with Gasteiger partial charge in [-0.2, -0.15) is 0 Å². The van der Waals surface area contributed by atoms with Gasteiger partial charge in [-0.3, -0.25) is 9.59 Å². The first-order valence-corrected chi connectivity index (χ1v) is 13.3. The second-order valence-electron chi connectivity index (χ2n) is 9.87. The van der Waals surface area contributed by atoms with Crippen molar-refractivity contribution in [2.75, 3.05) is 27.2 Å². The van der Waals surface area contributed by atoms with Crippen molar-refractivity contribution in [3.05, 3.63) is 110 Å². The van der Waals surface area contributed by atoms with Crippen LogP contribution in [0.5, 0.6) is 5.75 Å². The van der Waals surface area contributed by atoms with Crippen molar-refractivity contribution in [3.63, 3.8) is 0 Å². The standard InChI is InChI=1S/C31H31ClN2O4/c1-4-20-10-15-26-24(18-20)29(35)27-28(34(17-7-16-33(2)3)31(36)30(27)38-26)21-11-13-23(14-12-21)37-19-22-8-5-6-9-25(22)32/h5-6,8-15,18,28H,4,7,16-17,19H2,1-3H3. The second kappa shape index (κ2) is 11.0. The maximum Gasteiger partial charge on any atom is 0.290 e. The Hall–Kier alpha value is -3.61. The molecule has 5 rings (SSSR count). The lowest BCUT2D eigenvalue weighted by Gasteiger charge is -2.26. The summed E-state index contributed by atoms with van der Waals surface area (Å²) < 4.78 is 12.0. The molecular weight excluding hydrogens is 500 g/mol.